The lowest BCUT2D eigenvalue weighted by Gasteiger charge is -2.28. The number of likely N-dealkylation sites (N-methyl/N-ethyl adjacent to an activating group) is 1. The fourth-order valence-electron chi connectivity index (χ4n) is 2.53. The SMILES string of the molecule is CN(Cc1ccccc1)C(=O)C1(N)CCCC1. The van der Waals surface area contributed by atoms with Crippen molar-refractivity contribution in [1.29, 1.82) is 0 Å². The molecule has 92 valence electrons. The second kappa shape index (κ2) is 4.88. The van der Waals surface area contributed by atoms with Gasteiger partial charge in [0.1, 0.15) is 0 Å². The first-order valence-corrected chi connectivity index (χ1v) is 6.20. The number of hydrogen-bond acceptors (Lipinski definition) is 2. The summed E-state index contributed by atoms with van der Waals surface area (Å²) in [6.45, 7) is 0.638. The maximum absolute atomic E-state index is 12.3. The fourth-order valence-corrected chi connectivity index (χ4v) is 2.53. The van der Waals surface area contributed by atoms with Gasteiger partial charge in [-0.3, -0.25) is 4.79 Å². The molecule has 0 spiro atoms. The van der Waals surface area contributed by atoms with Gasteiger partial charge in [0.15, 0.2) is 0 Å². The minimum Gasteiger partial charge on any atom is -0.340 e. The molecule has 1 fully saturated rings. The molecule has 0 heterocycles. The first kappa shape index (κ1) is 12.1. The van der Waals surface area contributed by atoms with E-state index in [0.29, 0.717) is 6.54 Å². The van der Waals surface area contributed by atoms with Crippen molar-refractivity contribution < 1.29 is 4.79 Å². The molecule has 1 aliphatic carbocycles. The van der Waals surface area contributed by atoms with Gasteiger partial charge in [-0.05, 0) is 18.4 Å². The smallest absolute Gasteiger partial charge is 0.242 e. The van der Waals surface area contributed by atoms with Gasteiger partial charge in [-0.25, -0.2) is 0 Å². The highest BCUT2D eigenvalue weighted by Gasteiger charge is 2.38. The van der Waals surface area contributed by atoms with Gasteiger partial charge in [0.2, 0.25) is 5.91 Å². The van der Waals surface area contributed by atoms with Crippen molar-refractivity contribution in [3.05, 3.63) is 35.9 Å². The van der Waals surface area contributed by atoms with E-state index in [1.54, 1.807) is 4.90 Å². The van der Waals surface area contributed by atoms with Crippen molar-refractivity contribution in [2.24, 2.45) is 5.73 Å². The lowest BCUT2D eigenvalue weighted by atomic mass is 9.97. The van der Waals surface area contributed by atoms with Crippen LogP contribution in [0.25, 0.3) is 0 Å². The molecule has 0 bridgehead atoms. The summed E-state index contributed by atoms with van der Waals surface area (Å²) >= 11 is 0. The molecular formula is C14H20N2O. The molecule has 0 atom stereocenters. The Hall–Kier alpha value is -1.35. The monoisotopic (exact) mass is 232 g/mol. The molecule has 17 heavy (non-hydrogen) atoms. The third-order valence-electron chi connectivity index (χ3n) is 3.53. The first-order chi connectivity index (χ1) is 8.12. The maximum Gasteiger partial charge on any atom is 0.242 e. The summed E-state index contributed by atoms with van der Waals surface area (Å²) in [5.74, 6) is 0.0823. The van der Waals surface area contributed by atoms with Crippen LogP contribution >= 0.6 is 0 Å². The molecule has 0 radical (unpaired) electrons. The quantitative estimate of drug-likeness (QED) is 0.865. The molecule has 1 aromatic rings. The highest BCUT2D eigenvalue weighted by atomic mass is 16.2. The normalized spacial score (nSPS) is 18.0. The van der Waals surface area contributed by atoms with Gasteiger partial charge < -0.3 is 10.6 Å². The summed E-state index contributed by atoms with van der Waals surface area (Å²) in [6, 6.07) is 10.0. The molecular weight excluding hydrogens is 212 g/mol. The molecule has 1 aromatic carbocycles. The zero-order valence-corrected chi connectivity index (χ0v) is 10.4. The van der Waals surface area contributed by atoms with Gasteiger partial charge in [0.25, 0.3) is 0 Å². The number of amides is 1. The second-order valence-corrected chi connectivity index (χ2v) is 5.01. The zero-order valence-electron chi connectivity index (χ0n) is 10.4. The number of hydrogen-bond donors (Lipinski definition) is 1. The minimum absolute atomic E-state index is 0.0823. The van der Waals surface area contributed by atoms with Crippen molar-refractivity contribution in [2.75, 3.05) is 7.05 Å². The minimum atomic E-state index is -0.608. The van der Waals surface area contributed by atoms with Crippen LogP contribution in [0, 0.1) is 0 Å². The topological polar surface area (TPSA) is 46.3 Å². The maximum atomic E-state index is 12.3. The van der Waals surface area contributed by atoms with Crippen molar-refractivity contribution in [1.82, 2.24) is 4.90 Å². The molecule has 0 saturated heterocycles. The predicted molar refractivity (Wildman–Crippen MR) is 68.3 cm³/mol. The molecule has 3 nitrogen and oxygen atoms in total. The van der Waals surface area contributed by atoms with Crippen LogP contribution in [-0.4, -0.2) is 23.4 Å². The van der Waals surface area contributed by atoms with Crippen LogP contribution in [0.3, 0.4) is 0 Å². The molecule has 2 N–H and O–H groups in total. The van der Waals surface area contributed by atoms with Gasteiger partial charge in [-0.2, -0.15) is 0 Å². The van der Waals surface area contributed by atoms with E-state index in [4.69, 9.17) is 5.73 Å². The van der Waals surface area contributed by atoms with Crippen molar-refractivity contribution in [2.45, 2.75) is 37.8 Å². The summed E-state index contributed by atoms with van der Waals surface area (Å²) in [5.41, 5.74) is 6.70. The summed E-state index contributed by atoms with van der Waals surface area (Å²) in [7, 11) is 1.84. The Kier molecular flexibility index (Phi) is 3.48. The van der Waals surface area contributed by atoms with E-state index < -0.39 is 5.54 Å². The van der Waals surface area contributed by atoms with E-state index in [2.05, 4.69) is 0 Å². The van der Waals surface area contributed by atoms with Gasteiger partial charge >= 0.3 is 0 Å². The fraction of sp³-hybridized carbons (Fsp3) is 0.500. The zero-order chi connectivity index (χ0) is 12.3. The molecule has 0 aromatic heterocycles. The van der Waals surface area contributed by atoms with Crippen LogP contribution in [0.1, 0.15) is 31.2 Å². The molecule has 1 amide bonds. The summed E-state index contributed by atoms with van der Waals surface area (Å²) in [6.07, 6.45) is 3.79. The average molecular weight is 232 g/mol. The molecule has 0 aliphatic heterocycles. The number of nitrogens with two attached hydrogens (primary N) is 1. The molecule has 0 unspecified atom stereocenters. The highest BCUT2D eigenvalue weighted by Crippen LogP contribution is 2.29. The van der Waals surface area contributed by atoms with Crippen LogP contribution < -0.4 is 5.73 Å². The van der Waals surface area contributed by atoms with Crippen LogP contribution in [0.5, 0.6) is 0 Å². The van der Waals surface area contributed by atoms with Crippen LogP contribution in [0.15, 0.2) is 30.3 Å². The third-order valence-corrected chi connectivity index (χ3v) is 3.53. The first-order valence-electron chi connectivity index (χ1n) is 6.20. The van der Waals surface area contributed by atoms with Gasteiger partial charge in [-0.1, -0.05) is 43.2 Å². The van der Waals surface area contributed by atoms with E-state index >= 15 is 0 Å². The molecule has 2 rings (SSSR count). The molecule has 1 saturated carbocycles. The lowest BCUT2D eigenvalue weighted by Crippen LogP contribution is -2.52. The van der Waals surface area contributed by atoms with Crippen molar-refractivity contribution in [3.63, 3.8) is 0 Å². The van der Waals surface area contributed by atoms with Crippen LogP contribution in [0.4, 0.5) is 0 Å². The number of carbonyl (C=O) groups excluding carboxylic acids is 1. The van der Waals surface area contributed by atoms with E-state index in [1.807, 2.05) is 37.4 Å². The third kappa shape index (κ3) is 2.67. The van der Waals surface area contributed by atoms with Gasteiger partial charge in [-0.15, -0.1) is 0 Å². The molecule has 3 heteroatoms. The summed E-state index contributed by atoms with van der Waals surface area (Å²) < 4.78 is 0. The van der Waals surface area contributed by atoms with Crippen LogP contribution in [0.2, 0.25) is 0 Å². The van der Waals surface area contributed by atoms with E-state index in [1.165, 1.54) is 0 Å². The lowest BCUT2D eigenvalue weighted by molar-refractivity contribution is -0.136. The summed E-state index contributed by atoms with van der Waals surface area (Å²) in [5, 5.41) is 0. The Bertz CT molecular complexity index is 382. The second-order valence-electron chi connectivity index (χ2n) is 5.01. The Morgan fingerprint density at radius 1 is 1.29 bits per heavy atom. The Balaban J connectivity index is 2.00. The largest absolute Gasteiger partial charge is 0.340 e. The Morgan fingerprint density at radius 3 is 2.47 bits per heavy atom. The van der Waals surface area contributed by atoms with Crippen molar-refractivity contribution >= 4 is 5.91 Å². The number of nitrogens with zero attached hydrogens (tertiary/aromatic N) is 1. The standard InChI is InChI=1S/C14H20N2O/c1-16(11-12-7-3-2-4-8-12)13(17)14(15)9-5-6-10-14/h2-4,7-8H,5-6,9-11,15H2,1H3. The van der Waals surface area contributed by atoms with Crippen LogP contribution in [-0.2, 0) is 11.3 Å². The number of rotatable bonds is 3. The van der Waals surface area contributed by atoms with Gasteiger partial charge in [0, 0.05) is 13.6 Å². The Labute approximate surface area is 103 Å². The predicted octanol–water partition coefficient (Wildman–Crippen LogP) is 1.92. The van der Waals surface area contributed by atoms with Gasteiger partial charge in [0.05, 0.1) is 5.54 Å². The number of carbonyl (C=O) groups is 1. The van der Waals surface area contributed by atoms with E-state index in [9.17, 15) is 4.79 Å². The highest BCUT2D eigenvalue weighted by molar-refractivity contribution is 5.86. The Morgan fingerprint density at radius 2 is 1.88 bits per heavy atom. The molecule has 1 aliphatic rings. The van der Waals surface area contributed by atoms with E-state index in [0.717, 1.165) is 31.2 Å². The average Bonchev–Trinajstić information content (AvgIpc) is 2.78. The van der Waals surface area contributed by atoms with Crippen molar-refractivity contribution in [3.8, 4) is 0 Å². The van der Waals surface area contributed by atoms with E-state index in [-0.39, 0.29) is 5.91 Å². The summed E-state index contributed by atoms with van der Waals surface area (Å²) in [4.78, 5) is 14.0. The number of benzene rings is 1.